The fraction of sp³-hybridized carbons (Fsp3) is 0.250. The van der Waals surface area contributed by atoms with E-state index in [1.807, 2.05) is 30.3 Å². The molecule has 3 N–H and O–H groups in total. The summed E-state index contributed by atoms with van der Waals surface area (Å²) in [5.41, 5.74) is 10.7. The van der Waals surface area contributed by atoms with Gasteiger partial charge in [0.15, 0.2) is 5.78 Å². The molecule has 0 radical (unpaired) electrons. The lowest BCUT2D eigenvalue weighted by Gasteiger charge is -2.36. The van der Waals surface area contributed by atoms with Crippen molar-refractivity contribution in [2.45, 2.75) is 32.4 Å². The summed E-state index contributed by atoms with van der Waals surface area (Å²) in [5.74, 6) is 0.00917. The molecule has 118 valence electrons. The van der Waals surface area contributed by atoms with Crippen molar-refractivity contribution in [1.29, 1.82) is 0 Å². The molecule has 3 nitrogen and oxygen atoms in total. The quantitative estimate of drug-likeness (QED) is 0.676. The highest BCUT2D eigenvalue weighted by Crippen LogP contribution is 2.30. The number of rotatable bonds is 3. The normalized spacial score (nSPS) is 17.4. The van der Waals surface area contributed by atoms with Gasteiger partial charge in [0.05, 0.1) is 0 Å². The number of carbonyl (C=O) groups excluding carboxylic acids is 1. The van der Waals surface area contributed by atoms with Crippen molar-refractivity contribution in [1.82, 2.24) is 5.32 Å². The van der Waals surface area contributed by atoms with Gasteiger partial charge in [-0.25, -0.2) is 0 Å². The first kappa shape index (κ1) is 15.5. The third-order valence-corrected chi connectivity index (χ3v) is 4.14. The predicted molar refractivity (Wildman–Crippen MR) is 94.0 cm³/mol. The second-order valence-electron chi connectivity index (χ2n) is 6.67. The van der Waals surface area contributed by atoms with E-state index >= 15 is 0 Å². The molecule has 0 fully saturated rings. The van der Waals surface area contributed by atoms with E-state index in [2.05, 4.69) is 37.4 Å². The third-order valence-electron chi connectivity index (χ3n) is 4.14. The second kappa shape index (κ2) is 6.01. The van der Waals surface area contributed by atoms with Crippen LogP contribution in [0.1, 0.15) is 40.9 Å². The molecular formula is C20H22N2O. The fourth-order valence-corrected chi connectivity index (χ4v) is 3.04. The molecule has 2 aromatic rings. The molecule has 0 atom stereocenters. The van der Waals surface area contributed by atoms with Crippen LogP contribution < -0.4 is 11.1 Å². The van der Waals surface area contributed by atoms with Crippen molar-refractivity contribution < 1.29 is 4.79 Å². The largest absolute Gasteiger partial charge is 0.379 e. The summed E-state index contributed by atoms with van der Waals surface area (Å²) in [6.07, 6.45) is 2.62. The van der Waals surface area contributed by atoms with Crippen LogP contribution in [0, 0.1) is 0 Å². The lowest BCUT2D eigenvalue weighted by molar-refractivity contribution is 0.104. The lowest BCUT2D eigenvalue weighted by Crippen LogP contribution is -2.43. The minimum absolute atomic E-state index is 0.00917. The predicted octanol–water partition coefficient (Wildman–Crippen LogP) is 3.29. The third kappa shape index (κ3) is 3.35. The summed E-state index contributed by atoms with van der Waals surface area (Å²) in [5, 5.41) is 3.50. The van der Waals surface area contributed by atoms with Crippen molar-refractivity contribution in [3.05, 3.63) is 76.9 Å². The smallest absolute Gasteiger partial charge is 0.187 e. The van der Waals surface area contributed by atoms with Gasteiger partial charge in [0.2, 0.25) is 0 Å². The van der Waals surface area contributed by atoms with E-state index in [1.165, 1.54) is 5.56 Å². The van der Waals surface area contributed by atoms with Crippen molar-refractivity contribution in [2.75, 3.05) is 0 Å². The molecule has 0 unspecified atom stereocenters. The number of fused-ring (bicyclic) bond motifs is 1. The molecular weight excluding hydrogens is 284 g/mol. The van der Waals surface area contributed by atoms with Gasteiger partial charge in [-0.2, -0.15) is 0 Å². The molecule has 23 heavy (non-hydrogen) atoms. The number of hydrogen-bond donors (Lipinski definition) is 2. The highest BCUT2D eigenvalue weighted by Gasteiger charge is 2.28. The number of benzene rings is 2. The van der Waals surface area contributed by atoms with Crippen LogP contribution in [0.15, 0.2) is 54.6 Å². The number of ketones is 1. The first-order valence-corrected chi connectivity index (χ1v) is 7.90. The van der Waals surface area contributed by atoms with Crippen LogP contribution in [-0.2, 0) is 13.0 Å². The van der Waals surface area contributed by atoms with Crippen LogP contribution in [0.3, 0.4) is 0 Å². The van der Waals surface area contributed by atoms with Crippen LogP contribution in [-0.4, -0.2) is 11.3 Å². The zero-order valence-electron chi connectivity index (χ0n) is 13.6. The zero-order chi connectivity index (χ0) is 16.4. The van der Waals surface area contributed by atoms with Gasteiger partial charge >= 0.3 is 0 Å². The monoisotopic (exact) mass is 306 g/mol. The highest BCUT2D eigenvalue weighted by molar-refractivity contribution is 6.08. The lowest BCUT2D eigenvalue weighted by atomic mass is 9.84. The van der Waals surface area contributed by atoms with E-state index in [-0.39, 0.29) is 11.3 Å². The molecule has 0 aliphatic carbocycles. The molecule has 3 rings (SSSR count). The van der Waals surface area contributed by atoms with E-state index < -0.39 is 0 Å². The van der Waals surface area contributed by atoms with Crippen molar-refractivity contribution in [3.8, 4) is 0 Å². The van der Waals surface area contributed by atoms with Gasteiger partial charge in [-0.05, 0) is 37.5 Å². The average molecular weight is 306 g/mol. The Labute approximate surface area is 137 Å². The number of hydrogen-bond acceptors (Lipinski definition) is 3. The van der Waals surface area contributed by atoms with Crippen LogP contribution in [0.25, 0.3) is 5.70 Å². The molecule has 0 spiro atoms. The highest BCUT2D eigenvalue weighted by atomic mass is 16.1. The van der Waals surface area contributed by atoms with Crippen molar-refractivity contribution in [2.24, 2.45) is 5.73 Å². The Kier molecular flexibility index (Phi) is 4.05. The second-order valence-corrected chi connectivity index (χ2v) is 6.67. The molecule has 1 aliphatic rings. The SMILES string of the molecule is CC1(C)Cc2ccc(CN)cc2C(=CC(=O)c2ccccc2)N1. The van der Waals surface area contributed by atoms with Gasteiger partial charge < -0.3 is 11.1 Å². The molecule has 0 saturated carbocycles. The van der Waals surface area contributed by atoms with Gasteiger partial charge in [-0.3, -0.25) is 4.79 Å². The summed E-state index contributed by atoms with van der Waals surface area (Å²) in [7, 11) is 0. The van der Waals surface area contributed by atoms with Crippen LogP contribution >= 0.6 is 0 Å². The van der Waals surface area contributed by atoms with Crippen LogP contribution in [0.4, 0.5) is 0 Å². The summed E-state index contributed by atoms with van der Waals surface area (Å²) < 4.78 is 0. The van der Waals surface area contributed by atoms with E-state index in [4.69, 9.17) is 5.73 Å². The number of nitrogens with one attached hydrogen (secondary N) is 1. The Hall–Kier alpha value is -2.39. The maximum Gasteiger partial charge on any atom is 0.187 e. The molecule has 0 saturated heterocycles. The molecule has 3 heteroatoms. The van der Waals surface area contributed by atoms with Gasteiger partial charge in [-0.1, -0.05) is 42.5 Å². The Bertz CT molecular complexity index is 760. The number of nitrogens with two attached hydrogens (primary N) is 1. The van der Waals surface area contributed by atoms with Gasteiger partial charge in [0.1, 0.15) is 0 Å². The van der Waals surface area contributed by atoms with E-state index in [9.17, 15) is 4.79 Å². The first-order chi connectivity index (χ1) is 11.0. The van der Waals surface area contributed by atoms with E-state index in [1.54, 1.807) is 6.08 Å². The molecule has 2 aromatic carbocycles. The Morgan fingerprint density at radius 2 is 1.96 bits per heavy atom. The zero-order valence-corrected chi connectivity index (χ0v) is 13.6. The Balaban J connectivity index is 2.05. The molecule has 1 heterocycles. The van der Waals surface area contributed by atoms with Crippen molar-refractivity contribution in [3.63, 3.8) is 0 Å². The maximum absolute atomic E-state index is 12.5. The minimum atomic E-state index is -0.0833. The summed E-state index contributed by atoms with van der Waals surface area (Å²) in [6.45, 7) is 4.79. The average Bonchev–Trinajstić information content (AvgIpc) is 2.54. The van der Waals surface area contributed by atoms with E-state index in [0.717, 1.165) is 23.2 Å². The first-order valence-electron chi connectivity index (χ1n) is 7.90. The van der Waals surface area contributed by atoms with Crippen LogP contribution in [0.5, 0.6) is 0 Å². The summed E-state index contributed by atoms with van der Waals surface area (Å²) >= 11 is 0. The molecule has 0 bridgehead atoms. The summed E-state index contributed by atoms with van der Waals surface area (Å²) in [4.78, 5) is 12.5. The topological polar surface area (TPSA) is 55.1 Å². The van der Waals surface area contributed by atoms with Crippen LogP contribution in [0.2, 0.25) is 0 Å². The van der Waals surface area contributed by atoms with Crippen molar-refractivity contribution >= 4 is 11.5 Å². The molecule has 0 amide bonds. The summed E-state index contributed by atoms with van der Waals surface area (Å²) in [6, 6.07) is 15.6. The molecule has 1 aliphatic heterocycles. The Morgan fingerprint density at radius 1 is 1.22 bits per heavy atom. The fourth-order valence-electron chi connectivity index (χ4n) is 3.04. The Morgan fingerprint density at radius 3 is 2.65 bits per heavy atom. The van der Waals surface area contributed by atoms with Gasteiger partial charge in [0, 0.05) is 35.0 Å². The van der Waals surface area contributed by atoms with Gasteiger partial charge in [0.25, 0.3) is 0 Å². The maximum atomic E-state index is 12.5. The standard InChI is InChI=1S/C20H22N2O/c1-20(2)12-16-9-8-14(13-21)10-17(16)18(22-20)11-19(23)15-6-4-3-5-7-15/h3-11,22H,12-13,21H2,1-2H3. The number of carbonyl (C=O) groups is 1. The van der Waals surface area contributed by atoms with Gasteiger partial charge in [-0.15, -0.1) is 0 Å². The van der Waals surface area contributed by atoms with E-state index in [0.29, 0.717) is 12.1 Å². The molecule has 0 aromatic heterocycles. The number of allylic oxidation sites excluding steroid dienone is 1. The minimum Gasteiger partial charge on any atom is -0.379 e.